The van der Waals surface area contributed by atoms with Crippen molar-refractivity contribution in [2.24, 2.45) is 5.92 Å². The molecule has 5 heteroatoms. The smallest absolute Gasteiger partial charge is 0.328 e. The van der Waals surface area contributed by atoms with E-state index < -0.39 is 17.4 Å². The quantitative estimate of drug-likeness (QED) is 0.616. The summed E-state index contributed by atoms with van der Waals surface area (Å²) in [5, 5.41) is 10.0. The van der Waals surface area contributed by atoms with Gasteiger partial charge in [-0.25, -0.2) is 0 Å². The number of hydrogen-bond acceptors (Lipinski definition) is 3. The molecule has 4 nitrogen and oxygen atoms in total. The lowest BCUT2D eigenvalue weighted by Crippen LogP contribution is -2.46. The Bertz CT molecular complexity index is 515. The van der Waals surface area contributed by atoms with Crippen LogP contribution in [0.1, 0.15) is 39.2 Å². The Kier molecular flexibility index (Phi) is 6.21. The van der Waals surface area contributed by atoms with Gasteiger partial charge in [-0.05, 0) is 30.9 Å². The van der Waals surface area contributed by atoms with Gasteiger partial charge in [-0.15, -0.1) is 0 Å². The normalized spacial score (nSPS) is 15.0. The number of halogens is 1. The summed E-state index contributed by atoms with van der Waals surface area (Å²) in [6.45, 7) is 5.64. The lowest BCUT2D eigenvalue weighted by atomic mass is 9.73. The Morgan fingerprint density at radius 1 is 1.33 bits per heavy atom. The highest BCUT2D eigenvalue weighted by molar-refractivity contribution is 6.32. The maximum Gasteiger partial charge on any atom is 0.328 e. The lowest BCUT2D eigenvalue weighted by molar-refractivity contribution is -0.162. The van der Waals surface area contributed by atoms with Gasteiger partial charge in [0.1, 0.15) is 0 Å². The highest BCUT2D eigenvalue weighted by Crippen LogP contribution is 2.38. The molecule has 0 aliphatic heterocycles. The molecular formula is C16H21ClO4. The molecule has 0 bridgehead atoms. The molecule has 0 aliphatic rings. The first-order valence-corrected chi connectivity index (χ1v) is 7.43. The first-order chi connectivity index (χ1) is 9.90. The molecule has 2 unspecified atom stereocenters. The fourth-order valence-corrected chi connectivity index (χ4v) is 2.62. The van der Waals surface area contributed by atoms with Gasteiger partial charge in [0.05, 0.1) is 6.61 Å². The Balaban J connectivity index is 3.48. The first-order valence-electron chi connectivity index (χ1n) is 7.05. The maximum absolute atomic E-state index is 12.4. The molecule has 116 valence electrons. The number of aliphatic carboxylic acids is 1. The summed E-state index contributed by atoms with van der Waals surface area (Å²) in [7, 11) is 0. The van der Waals surface area contributed by atoms with Crippen molar-refractivity contribution in [2.45, 2.75) is 39.0 Å². The van der Waals surface area contributed by atoms with Crippen LogP contribution in [-0.2, 0) is 19.7 Å². The van der Waals surface area contributed by atoms with E-state index in [0.717, 1.165) is 6.42 Å². The second-order valence-corrected chi connectivity index (χ2v) is 5.54. The van der Waals surface area contributed by atoms with Crippen molar-refractivity contribution < 1.29 is 19.4 Å². The Morgan fingerprint density at radius 3 is 2.43 bits per heavy atom. The number of carbonyl (C=O) groups excluding carboxylic acids is 1. The van der Waals surface area contributed by atoms with E-state index in [0.29, 0.717) is 0 Å². The standard InChI is InChI=1S/C16H21ClO4/c1-4-11(3)10-16(14(18)19,15(20)21-5-2)12-8-6-7-9-13(12)17/h6-9,11H,4-5,10H2,1-3H3,(H,18,19). The Morgan fingerprint density at radius 2 is 1.95 bits per heavy atom. The van der Waals surface area contributed by atoms with E-state index in [-0.39, 0.29) is 29.5 Å². The third kappa shape index (κ3) is 3.56. The third-order valence-corrected chi connectivity index (χ3v) is 4.00. The van der Waals surface area contributed by atoms with E-state index >= 15 is 0 Å². The molecule has 0 aromatic heterocycles. The van der Waals surface area contributed by atoms with Gasteiger partial charge in [0.2, 0.25) is 0 Å². The fourth-order valence-electron chi connectivity index (χ4n) is 2.32. The van der Waals surface area contributed by atoms with Crippen molar-refractivity contribution in [3.8, 4) is 0 Å². The Labute approximate surface area is 130 Å². The molecular weight excluding hydrogens is 292 g/mol. The largest absolute Gasteiger partial charge is 0.480 e. The molecule has 0 fully saturated rings. The highest BCUT2D eigenvalue weighted by Gasteiger charge is 2.51. The number of benzene rings is 1. The minimum Gasteiger partial charge on any atom is -0.480 e. The van der Waals surface area contributed by atoms with Gasteiger partial charge in [-0.2, -0.15) is 0 Å². The van der Waals surface area contributed by atoms with Crippen molar-refractivity contribution in [1.82, 2.24) is 0 Å². The van der Waals surface area contributed by atoms with Crippen LogP contribution in [0.5, 0.6) is 0 Å². The van der Waals surface area contributed by atoms with Crippen LogP contribution < -0.4 is 0 Å². The van der Waals surface area contributed by atoms with Crippen LogP contribution in [0.15, 0.2) is 24.3 Å². The van der Waals surface area contributed by atoms with Crippen molar-refractivity contribution in [3.63, 3.8) is 0 Å². The van der Waals surface area contributed by atoms with Crippen LogP contribution in [0.25, 0.3) is 0 Å². The van der Waals surface area contributed by atoms with Gasteiger partial charge in [0, 0.05) is 5.02 Å². The summed E-state index contributed by atoms with van der Waals surface area (Å²) in [5.41, 5.74) is -1.47. The highest BCUT2D eigenvalue weighted by atomic mass is 35.5. The molecule has 0 radical (unpaired) electrons. The van der Waals surface area contributed by atoms with Crippen LogP contribution >= 0.6 is 11.6 Å². The molecule has 0 heterocycles. The van der Waals surface area contributed by atoms with E-state index in [1.807, 2.05) is 13.8 Å². The number of esters is 1. The zero-order valence-corrected chi connectivity index (χ0v) is 13.3. The number of hydrogen-bond donors (Lipinski definition) is 1. The third-order valence-electron chi connectivity index (χ3n) is 3.67. The van der Waals surface area contributed by atoms with Gasteiger partial charge in [-0.1, -0.05) is 50.1 Å². The van der Waals surface area contributed by atoms with Crippen LogP contribution in [0.3, 0.4) is 0 Å². The number of rotatable bonds is 7. The van der Waals surface area contributed by atoms with E-state index in [4.69, 9.17) is 16.3 Å². The van der Waals surface area contributed by atoms with Crippen molar-refractivity contribution >= 4 is 23.5 Å². The predicted octanol–water partition coefficient (Wildman–Crippen LogP) is 3.66. The monoisotopic (exact) mass is 312 g/mol. The van der Waals surface area contributed by atoms with Crippen LogP contribution in [0.2, 0.25) is 5.02 Å². The zero-order valence-electron chi connectivity index (χ0n) is 12.6. The minimum absolute atomic E-state index is 0.0433. The lowest BCUT2D eigenvalue weighted by Gasteiger charge is -2.30. The van der Waals surface area contributed by atoms with Crippen LogP contribution in [-0.4, -0.2) is 23.7 Å². The molecule has 2 atom stereocenters. The summed E-state index contributed by atoms with van der Waals surface area (Å²) in [6.07, 6.45) is 0.917. The van der Waals surface area contributed by atoms with E-state index in [9.17, 15) is 14.7 Å². The molecule has 1 rings (SSSR count). The minimum atomic E-state index is -1.76. The summed E-state index contributed by atoms with van der Waals surface area (Å²) < 4.78 is 5.05. The number of carboxylic acid groups (broad SMARTS) is 1. The van der Waals surface area contributed by atoms with Crippen LogP contribution in [0.4, 0.5) is 0 Å². The number of carboxylic acids is 1. The number of ether oxygens (including phenoxy) is 1. The molecule has 1 aromatic rings. The van der Waals surface area contributed by atoms with Gasteiger partial charge >= 0.3 is 11.9 Å². The van der Waals surface area contributed by atoms with Crippen molar-refractivity contribution in [1.29, 1.82) is 0 Å². The Hall–Kier alpha value is -1.55. The van der Waals surface area contributed by atoms with Gasteiger partial charge in [0.15, 0.2) is 5.41 Å². The summed E-state index contributed by atoms with van der Waals surface area (Å²) in [4.78, 5) is 24.4. The predicted molar refractivity (Wildman–Crippen MR) is 81.5 cm³/mol. The molecule has 1 aromatic carbocycles. The molecule has 0 saturated heterocycles. The van der Waals surface area contributed by atoms with E-state index in [1.165, 1.54) is 0 Å². The van der Waals surface area contributed by atoms with Gasteiger partial charge in [0.25, 0.3) is 0 Å². The molecule has 0 spiro atoms. The maximum atomic E-state index is 12.4. The first kappa shape index (κ1) is 17.5. The average Bonchev–Trinajstić information content (AvgIpc) is 2.45. The van der Waals surface area contributed by atoms with Gasteiger partial charge < -0.3 is 9.84 Å². The average molecular weight is 313 g/mol. The number of carbonyl (C=O) groups is 2. The molecule has 0 amide bonds. The summed E-state index contributed by atoms with van der Waals surface area (Å²) in [6, 6.07) is 6.54. The molecule has 0 saturated carbocycles. The molecule has 1 N–H and O–H groups in total. The SMILES string of the molecule is CCOC(=O)C(CC(C)CC)(C(=O)O)c1ccccc1Cl. The topological polar surface area (TPSA) is 63.6 Å². The van der Waals surface area contributed by atoms with Crippen LogP contribution in [0, 0.1) is 5.92 Å². The molecule has 21 heavy (non-hydrogen) atoms. The van der Waals surface area contributed by atoms with E-state index in [2.05, 4.69) is 0 Å². The molecule has 0 aliphatic carbocycles. The fraction of sp³-hybridized carbons (Fsp3) is 0.500. The summed E-state index contributed by atoms with van der Waals surface area (Å²) >= 11 is 6.15. The summed E-state index contributed by atoms with van der Waals surface area (Å²) in [5.74, 6) is -1.94. The van der Waals surface area contributed by atoms with E-state index in [1.54, 1.807) is 31.2 Å². The van der Waals surface area contributed by atoms with Crippen molar-refractivity contribution in [2.75, 3.05) is 6.61 Å². The van der Waals surface area contributed by atoms with Gasteiger partial charge in [-0.3, -0.25) is 9.59 Å². The van der Waals surface area contributed by atoms with Crippen molar-refractivity contribution in [3.05, 3.63) is 34.9 Å². The second kappa shape index (κ2) is 7.46. The second-order valence-electron chi connectivity index (χ2n) is 5.13. The zero-order chi connectivity index (χ0) is 16.0.